The first-order chi connectivity index (χ1) is 8.13. The lowest BCUT2D eigenvalue weighted by atomic mass is 10.1. The molecule has 1 atom stereocenters. The van der Waals surface area contributed by atoms with Crippen LogP contribution in [0.3, 0.4) is 0 Å². The summed E-state index contributed by atoms with van der Waals surface area (Å²) in [6.45, 7) is 3.81. The van der Waals surface area contributed by atoms with Gasteiger partial charge in [0.2, 0.25) is 0 Å². The van der Waals surface area contributed by atoms with Gasteiger partial charge in [-0.15, -0.1) is 12.4 Å². The fraction of sp³-hybridized carbons (Fsp3) is 0.818. The summed E-state index contributed by atoms with van der Waals surface area (Å²) in [5.74, 6) is 0.0798. The number of likely N-dealkylation sites (tertiary alicyclic amines) is 1. The molecule has 0 aromatic rings. The molecule has 1 unspecified atom stereocenters. The quantitative estimate of drug-likeness (QED) is 0.457. The molecule has 6 nitrogen and oxygen atoms in total. The number of amides is 1. The molecule has 1 amide bonds. The van der Waals surface area contributed by atoms with E-state index in [-0.39, 0.29) is 30.5 Å². The number of carbonyl (C=O) groups is 1. The van der Waals surface area contributed by atoms with Crippen molar-refractivity contribution >= 4 is 24.5 Å². The van der Waals surface area contributed by atoms with Crippen molar-refractivity contribution in [3.8, 4) is 0 Å². The number of nitrogens with two attached hydrogens (primary N) is 2. The number of nitrogens with zero attached hydrogens (tertiary/aromatic N) is 2. The van der Waals surface area contributed by atoms with Gasteiger partial charge in [0.15, 0.2) is 5.96 Å². The number of piperidine rings is 1. The molecule has 0 spiro atoms. The average Bonchev–Trinajstić information content (AvgIpc) is 2.28. The number of carbonyl (C=O) groups excluding carboxylic acids is 1. The first kappa shape index (κ1) is 16.8. The molecule has 7 heteroatoms. The van der Waals surface area contributed by atoms with E-state index in [4.69, 9.17) is 16.2 Å². The largest absolute Gasteiger partial charge is 0.449 e. The zero-order valence-electron chi connectivity index (χ0n) is 10.8. The average molecular weight is 279 g/mol. The highest BCUT2D eigenvalue weighted by molar-refractivity contribution is 5.85. The molecule has 106 valence electrons. The van der Waals surface area contributed by atoms with Crippen LogP contribution in [0.15, 0.2) is 4.99 Å². The number of unbranched alkanes of at least 4 members (excludes halogenated alkanes) is 1. The van der Waals surface area contributed by atoms with Crippen LogP contribution in [0.5, 0.6) is 0 Å². The second kappa shape index (κ2) is 8.85. The van der Waals surface area contributed by atoms with Crippen molar-refractivity contribution in [2.45, 2.75) is 38.6 Å². The van der Waals surface area contributed by atoms with E-state index in [1.165, 1.54) is 0 Å². The van der Waals surface area contributed by atoms with Gasteiger partial charge in [0.25, 0.3) is 0 Å². The molecule has 0 radical (unpaired) electrons. The minimum atomic E-state index is -0.256. The van der Waals surface area contributed by atoms with Gasteiger partial charge in [-0.3, -0.25) is 0 Å². The Hall–Kier alpha value is -1.17. The van der Waals surface area contributed by atoms with Gasteiger partial charge in [-0.05, 0) is 19.3 Å². The lowest BCUT2D eigenvalue weighted by Gasteiger charge is -2.30. The highest BCUT2D eigenvalue weighted by atomic mass is 35.5. The van der Waals surface area contributed by atoms with Crippen LogP contribution < -0.4 is 11.5 Å². The lowest BCUT2D eigenvalue weighted by Crippen LogP contribution is -2.43. The van der Waals surface area contributed by atoms with Crippen LogP contribution in [0.2, 0.25) is 0 Å². The predicted octanol–water partition coefficient (Wildman–Crippen LogP) is 1.08. The van der Waals surface area contributed by atoms with Crippen LogP contribution in [0.25, 0.3) is 0 Å². The van der Waals surface area contributed by atoms with E-state index >= 15 is 0 Å². The zero-order chi connectivity index (χ0) is 12.7. The third kappa shape index (κ3) is 5.95. The molecule has 1 heterocycles. The van der Waals surface area contributed by atoms with E-state index in [2.05, 4.69) is 11.9 Å². The fourth-order valence-electron chi connectivity index (χ4n) is 1.83. The van der Waals surface area contributed by atoms with Crippen molar-refractivity contribution < 1.29 is 9.53 Å². The number of hydrogen-bond acceptors (Lipinski definition) is 3. The van der Waals surface area contributed by atoms with Crippen molar-refractivity contribution in [1.82, 2.24) is 4.90 Å². The Morgan fingerprint density at radius 2 is 2.22 bits per heavy atom. The number of halogens is 1. The molecule has 0 aromatic carbocycles. The van der Waals surface area contributed by atoms with E-state index in [1.807, 2.05) is 0 Å². The summed E-state index contributed by atoms with van der Waals surface area (Å²) in [7, 11) is 0. The highest BCUT2D eigenvalue weighted by Crippen LogP contribution is 2.14. The van der Waals surface area contributed by atoms with E-state index in [0.29, 0.717) is 13.2 Å². The van der Waals surface area contributed by atoms with Crippen LogP contribution >= 0.6 is 12.4 Å². The molecule has 1 saturated heterocycles. The summed E-state index contributed by atoms with van der Waals surface area (Å²) in [5, 5.41) is 0. The number of guanidine groups is 1. The number of ether oxygens (including phenoxy) is 1. The summed E-state index contributed by atoms with van der Waals surface area (Å²) >= 11 is 0. The van der Waals surface area contributed by atoms with Gasteiger partial charge >= 0.3 is 6.09 Å². The van der Waals surface area contributed by atoms with E-state index in [0.717, 1.165) is 32.2 Å². The standard InChI is InChI=1S/C11H22N4O2.ClH/c1-2-3-7-17-11(16)15-6-4-5-9(8-15)14-10(12)13;/h9H,2-8H2,1H3,(H4,12,13,14);1H. The van der Waals surface area contributed by atoms with Crippen molar-refractivity contribution in [1.29, 1.82) is 0 Å². The fourth-order valence-corrected chi connectivity index (χ4v) is 1.83. The Kier molecular flexibility index (Phi) is 8.28. The molecule has 0 aliphatic carbocycles. The Balaban J connectivity index is 0.00000289. The lowest BCUT2D eigenvalue weighted by molar-refractivity contribution is 0.0909. The van der Waals surface area contributed by atoms with E-state index in [9.17, 15) is 4.79 Å². The Morgan fingerprint density at radius 1 is 1.50 bits per heavy atom. The smallest absolute Gasteiger partial charge is 0.409 e. The number of rotatable bonds is 4. The second-order valence-electron chi connectivity index (χ2n) is 4.26. The van der Waals surface area contributed by atoms with Gasteiger partial charge in [0, 0.05) is 13.1 Å². The van der Waals surface area contributed by atoms with E-state index in [1.54, 1.807) is 4.90 Å². The molecule has 4 N–H and O–H groups in total. The van der Waals surface area contributed by atoms with Crippen molar-refractivity contribution in [2.24, 2.45) is 16.5 Å². The van der Waals surface area contributed by atoms with E-state index < -0.39 is 0 Å². The topological polar surface area (TPSA) is 93.9 Å². The maximum atomic E-state index is 11.7. The minimum Gasteiger partial charge on any atom is -0.449 e. The van der Waals surface area contributed by atoms with Gasteiger partial charge in [0.1, 0.15) is 0 Å². The second-order valence-corrected chi connectivity index (χ2v) is 4.26. The van der Waals surface area contributed by atoms with Crippen molar-refractivity contribution in [3.63, 3.8) is 0 Å². The zero-order valence-corrected chi connectivity index (χ0v) is 11.6. The van der Waals surface area contributed by atoms with Crippen molar-refractivity contribution in [2.75, 3.05) is 19.7 Å². The first-order valence-electron chi connectivity index (χ1n) is 6.14. The molecule has 1 aliphatic heterocycles. The van der Waals surface area contributed by atoms with Gasteiger partial charge in [-0.25, -0.2) is 9.79 Å². The molecule has 0 saturated carbocycles. The third-order valence-electron chi connectivity index (χ3n) is 2.71. The molecule has 1 fully saturated rings. The summed E-state index contributed by atoms with van der Waals surface area (Å²) in [6.07, 6.45) is 3.48. The maximum absolute atomic E-state index is 11.7. The van der Waals surface area contributed by atoms with Gasteiger partial charge in [-0.2, -0.15) is 0 Å². The SMILES string of the molecule is CCCCOC(=O)N1CCCC(N=C(N)N)C1.Cl. The number of hydrogen-bond donors (Lipinski definition) is 2. The summed E-state index contributed by atoms with van der Waals surface area (Å²) in [4.78, 5) is 17.5. The van der Waals surface area contributed by atoms with Crippen LogP contribution in [0.1, 0.15) is 32.6 Å². The Morgan fingerprint density at radius 3 is 2.83 bits per heavy atom. The molecule has 0 aromatic heterocycles. The molecule has 0 bridgehead atoms. The van der Waals surface area contributed by atoms with Crippen LogP contribution in [-0.4, -0.2) is 42.7 Å². The van der Waals surface area contributed by atoms with Crippen molar-refractivity contribution in [3.05, 3.63) is 0 Å². The van der Waals surface area contributed by atoms with Crippen LogP contribution in [-0.2, 0) is 4.74 Å². The molecular formula is C11H23ClN4O2. The Labute approximate surface area is 114 Å². The monoisotopic (exact) mass is 278 g/mol. The number of aliphatic imine (C=N–C) groups is 1. The Bertz CT molecular complexity index is 282. The summed E-state index contributed by atoms with van der Waals surface area (Å²) in [5.41, 5.74) is 10.7. The normalized spacial score (nSPS) is 18.7. The molecular weight excluding hydrogens is 256 g/mol. The van der Waals surface area contributed by atoms with Gasteiger partial charge < -0.3 is 21.1 Å². The van der Waals surface area contributed by atoms with Gasteiger partial charge in [-0.1, -0.05) is 13.3 Å². The predicted molar refractivity (Wildman–Crippen MR) is 73.9 cm³/mol. The first-order valence-corrected chi connectivity index (χ1v) is 6.14. The summed E-state index contributed by atoms with van der Waals surface area (Å²) in [6, 6.07) is 0.00692. The van der Waals surface area contributed by atoms with Gasteiger partial charge in [0.05, 0.1) is 12.6 Å². The van der Waals surface area contributed by atoms with Crippen LogP contribution in [0, 0.1) is 0 Å². The molecule has 1 aliphatic rings. The summed E-state index contributed by atoms with van der Waals surface area (Å²) < 4.78 is 5.15. The maximum Gasteiger partial charge on any atom is 0.409 e. The van der Waals surface area contributed by atoms with Crippen LogP contribution in [0.4, 0.5) is 4.79 Å². The highest BCUT2D eigenvalue weighted by Gasteiger charge is 2.24. The molecule has 1 rings (SSSR count). The minimum absolute atomic E-state index is 0. The third-order valence-corrected chi connectivity index (χ3v) is 2.71. The molecule has 18 heavy (non-hydrogen) atoms.